The molecule has 3 rings (SSSR count). The number of rotatable bonds is 3. The van der Waals surface area contributed by atoms with Gasteiger partial charge in [-0.15, -0.1) is 0 Å². The van der Waals surface area contributed by atoms with Gasteiger partial charge < -0.3 is 5.32 Å². The molecule has 18 heavy (non-hydrogen) atoms. The molecular weight excluding hydrogens is 222 g/mol. The Morgan fingerprint density at radius 1 is 1.39 bits per heavy atom. The third-order valence-electron chi connectivity index (χ3n) is 3.84. The van der Waals surface area contributed by atoms with Crippen LogP contribution in [0.15, 0.2) is 30.5 Å². The zero-order valence-electron chi connectivity index (χ0n) is 10.7. The van der Waals surface area contributed by atoms with Crippen LogP contribution < -0.4 is 5.32 Å². The first-order valence-electron chi connectivity index (χ1n) is 6.64. The van der Waals surface area contributed by atoms with Crippen molar-refractivity contribution in [3.8, 4) is 0 Å². The van der Waals surface area contributed by atoms with E-state index >= 15 is 0 Å². The molecule has 0 radical (unpaired) electrons. The Kier molecular flexibility index (Phi) is 3.15. The van der Waals surface area contributed by atoms with Gasteiger partial charge in [0.05, 0.1) is 6.20 Å². The van der Waals surface area contributed by atoms with Crippen LogP contribution in [0.4, 0.5) is 0 Å². The summed E-state index contributed by atoms with van der Waals surface area (Å²) in [6.45, 7) is 2.96. The maximum atomic E-state index is 4.06. The van der Waals surface area contributed by atoms with Crippen molar-refractivity contribution in [2.75, 3.05) is 0 Å². The Labute approximate surface area is 108 Å². The lowest BCUT2D eigenvalue weighted by Gasteiger charge is -2.26. The molecule has 1 heterocycles. The van der Waals surface area contributed by atoms with Gasteiger partial charge in [-0.05, 0) is 37.3 Å². The average Bonchev–Trinajstić information content (AvgIpc) is 2.82. The van der Waals surface area contributed by atoms with Gasteiger partial charge in [-0.1, -0.05) is 24.3 Å². The molecule has 2 aromatic rings. The van der Waals surface area contributed by atoms with Crippen molar-refractivity contribution in [1.29, 1.82) is 0 Å². The molecule has 3 heteroatoms. The molecule has 0 aliphatic heterocycles. The monoisotopic (exact) mass is 241 g/mol. The average molecular weight is 241 g/mol. The summed E-state index contributed by atoms with van der Waals surface area (Å²) >= 11 is 0. The summed E-state index contributed by atoms with van der Waals surface area (Å²) in [4.78, 5) is 0. The van der Waals surface area contributed by atoms with Gasteiger partial charge in [0.2, 0.25) is 0 Å². The summed E-state index contributed by atoms with van der Waals surface area (Å²) in [5.74, 6) is 0. The van der Waals surface area contributed by atoms with Crippen molar-refractivity contribution in [3.05, 3.63) is 52.8 Å². The van der Waals surface area contributed by atoms with Crippen LogP contribution in [0.1, 0.15) is 41.3 Å². The molecule has 1 aromatic carbocycles. The van der Waals surface area contributed by atoms with Crippen molar-refractivity contribution in [2.45, 2.75) is 38.8 Å². The van der Waals surface area contributed by atoms with Crippen molar-refractivity contribution in [2.24, 2.45) is 0 Å². The predicted molar refractivity (Wildman–Crippen MR) is 72.3 cm³/mol. The minimum Gasteiger partial charge on any atom is -0.306 e. The highest BCUT2D eigenvalue weighted by Crippen LogP contribution is 2.29. The second kappa shape index (κ2) is 4.94. The van der Waals surface area contributed by atoms with E-state index in [4.69, 9.17) is 0 Å². The van der Waals surface area contributed by atoms with Crippen LogP contribution >= 0.6 is 0 Å². The fourth-order valence-electron chi connectivity index (χ4n) is 2.75. The molecule has 1 aromatic heterocycles. The molecule has 94 valence electrons. The molecule has 1 atom stereocenters. The van der Waals surface area contributed by atoms with E-state index in [1.165, 1.54) is 36.0 Å². The van der Waals surface area contributed by atoms with E-state index in [1.807, 2.05) is 6.20 Å². The van der Waals surface area contributed by atoms with Gasteiger partial charge in [-0.25, -0.2) is 0 Å². The highest BCUT2D eigenvalue weighted by molar-refractivity contribution is 5.32. The number of nitrogens with zero attached hydrogens (tertiary/aromatic N) is 1. The maximum absolute atomic E-state index is 4.06. The van der Waals surface area contributed by atoms with Gasteiger partial charge in [-0.2, -0.15) is 5.10 Å². The Balaban J connectivity index is 1.73. The Morgan fingerprint density at radius 2 is 2.28 bits per heavy atom. The number of aryl methyl sites for hydroxylation is 2. The van der Waals surface area contributed by atoms with Gasteiger partial charge in [0.15, 0.2) is 0 Å². The summed E-state index contributed by atoms with van der Waals surface area (Å²) < 4.78 is 0. The summed E-state index contributed by atoms with van der Waals surface area (Å²) in [6, 6.07) is 9.29. The van der Waals surface area contributed by atoms with Crippen LogP contribution in [0.3, 0.4) is 0 Å². The van der Waals surface area contributed by atoms with E-state index in [2.05, 4.69) is 46.7 Å². The summed E-state index contributed by atoms with van der Waals surface area (Å²) in [6.07, 6.45) is 5.64. The number of aromatic nitrogens is 2. The van der Waals surface area contributed by atoms with Crippen LogP contribution in [0.2, 0.25) is 0 Å². The Morgan fingerprint density at radius 3 is 3.11 bits per heavy atom. The molecule has 0 spiro atoms. The van der Waals surface area contributed by atoms with E-state index in [0.29, 0.717) is 6.04 Å². The zero-order chi connectivity index (χ0) is 12.4. The molecule has 0 bridgehead atoms. The molecule has 3 nitrogen and oxygen atoms in total. The van der Waals surface area contributed by atoms with E-state index in [1.54, 1.807) is 0 Å². The first-order chi connectivity index (χ1) is 8.84. The Bertz CT molecular complexity index is 530. The van der Waals surface area contributed by atoms with Gasteiger partial charge in [0.25, 0.3) is 0 Å². The van der Waals surface area contributed by atoms with Gasteiger partial charge in [0.1, 0.15) is 0 Å². The van der Waals surface area contributed by atoms with Gasteiger partial charge >= 0.3 is 0 Å². The van der Waals surface area contributed by atoms with Crippen molar-refractivity contribution >= 4 is 0 Å². The minimum absolute atomic E-state index is 0.490. The SMILES string of the molecule is Cc1[nH]ncc1CNC1CCCc2ccccc21. The number of hydrogen-bond donors (Lipinski definition) is 2. The smallest absolute Gasteiger partial charge is 0.0535 e. The molecule has 0 amide bonds. The lowest BCUT2D eigenvalue weighted by molar-refractivity contribution is 0.458. The third-order valence-corrected chi connectivity index (χ3v) is 3.84. The largest absolute Gasteiger partial charge is 0.306 e. The Hall–Kier alpha value is -1.61. The van der Waals surface area contributed by atoms with Crippen LogP contribution in [-0.2, 0) is 13.0 Å². The van der Waals surface area contributed by atoms with Crippen LogP contribution in [0, 0.1) is 6.92 Å². The normalized spacial score (nSPS) is 18.6. The number of fused-ring (bicyclic) bond motifs is 1. The summed E-state index contributed by atoms with van der Waals surface area (Å²) in [7, 11) is 0. The quantitative estimate of drug-likeness (QED) is 0.867. The van der Waals surface area contributed by atoms with E-state index < -0.39 is 0 Å². The fraction of sp³-hybridized carbons (Fsp3) is 0.400. The van der Waals surface area contributed by atoms with Crippen molar-refractivity contribution in [3.63, 3.8) is 0 Å². The lowest BCUT2D eigenvalue weighted by Crippen LogP contribution is -2.24. The molecule has 0 fully saturated rings. The number of nitrogens with one attached hydrogen (secondary N) is 2. The third kappa shape index (κ3) is 2.18. The molecular formula is C15H19N3. The van der Waals surface area contributed by atoms with Gasteiger partial charge in [-0.3, -0.25) is 5.10 Å². The van der Waals surface area contributed by atoms with Crippen molar-refractivity contribution < 1.29 is 0 Å². The second-order valence-electron chi connectivity index (χ2n) is 5.04. The predicted octanol–water partition coefficient (Wildman–Crippen LogP) is 2.89. The number of aromatic amines is 1. The van der Waals surface area contributed by atoms with E-state index in [9.17, 15) is 0 Å². The minimum atomic E-state index is 0.490. The first kappa shape index (κ1) is 11.5. The molecule has 0 saturated heterocycles. The zero-order valence-corrected chi connectivity index (χ0v) is 10.7. The molecule has 2 N–H and O–H groups in total. The van der Waals surface area contributed by atoms with Crippen LogP contribution in [0.25, 0.3) is 0 Å². The number of benzene rings is 1. The van der Waals surface area contributed by atoms with E-state index in [0.717, 1.165) is 12.2 Å². The lowest BCUT2D eigenvalue weighted by atomic mass is 9.87. The summed E-state index contributed by atoms with van der Waals surface area (Å²) in [5.41, 5.74) is 5.40. The highest BCUT2D eigenvalue weighted by Gasteiger charge is 2.19. The maximum Gasteiger partial charge on any atom is 0.0535 e. The molecule has 1 aliphatic rings. The number of hydrogen-bond acceptors (Lipinski definition) is 2. The molecule has 1 unspecified atom stereocenters. The standard InChI is InChI=1S/C15H19N3/c1-11-13(10-17-18-11)9-16-15-8-4-6-12-5-2-3-7-14(12)15/h2-3,5,7,10,15-16H,4,6,8-9H2,1H3,(H,17,18). The number of H-pyrrole nitrogens is 1. The van der Waals surface area contributed by atoms with Crippen LogP contribution in [0.5, 0.6) is 0 Å². The first-order valence-corrected chi connectivity index (χ1v) is 6.64. The van der Waals surface area contributed by atoms with E-state index in [-0.39, 0.29) is 0 Å². The fourth-order valence-corrected chi connectivity index (χ4v) is 2.75. The second-order valence-corrected chi connectivity index (χ2v) is 5.04. The van der Waals surface area contributed by atoms with Gasteiger partial charge in [0, 0.05) is 23.8 Å². The highest BCUT2D eigenvalue weighted by atomic mass is 15.1. The topological polar surface area (TPSA) is 40.7 Å². The summed E-state index contributed by atoms with van der Waals surface area (Å²) in [5, 5.41) is 10.7. The van der Waals surface area contributed by atoms with Crippen LogP contribution in [-0.4, -0.2) is 10.2 Å². The van der Waals surface area contributed by atoms with Crippen molar-refractivity contribution in [1.82, 2.24) is 15.5 Å². The molecule has 1 aliphatic carbocycles. The molecule has 0 saturated carbocycles.